The molecule has 2 aromatic carbocycles. The molecule has 0 bridgehead atoms. The fourth-order valence-electron chi connectivity index (χ4n) is 2.77. The third kappa shape index (κ3) is 4.70. The first kappa shape index (κ1) is 19.9. The van der Waals surface area contributed by atoms with E-state index in [1.807, 2.05) is 57.2 Å². The number of nitrogens with zero attached hydrogens (tertiary/aromatic N) is 2. The fraction of sp³-hybridized carbons (Fsp3) is 0.286. The van der Waals surface area contributed by atoms with E-state index in [2.05, 4.69) is 15.5 Å². The van der Waals surface area contributed by atoms with Crippen LogP contribution in [0.5, 0.6) is 5.75 Å². The van der Waals surface area contributed by atoms with Crippen molar-refractivity contribution in [2.75, 3.05) is 0 Å². The quantitative estimate of drug-likeness (QED) is 0.664. The zero-order valence-electron chi connectivity index (χ0n) is 16.2. The zero-order chi connectivity index (χ0) is 20.3. The number of aryl methyl sites for hydroxylation is 3. The molecule has 3 rings (SSSR count). The molecule has 0 saturated heterocycles. The molecule has 0 aliphatic rings. The molecular formula is C21H22ClN3O3. The van der Waals surface area contributed by atoms with Gasteiger partial charge in [0.05, 0.1) is 6.54 Å². The van der Waals surface area contributed by atoms with Gasteiger partial charge in [0, 0.05) is 10.6 Å². The maximum Gasteiger partial charge on any atom is 0.261 e. The van der Waals surface area contributed by atoms with Gasteiger partial charge in [0.2, 0.25) is 11.7 Å². The summed E-state index contributed by atoms with van der Waals surface area (Å²) in [7, 11) is 0. The van der Waals surface area contributed by atoms with Crippen LogP contribution in [0.3, 0.4) is 0 Å². The Morgan fingerprint density at radius 2 is 1.93 bits per heavy atom. The van der Waals surface area contributed by atoms with Gasteiger partial charge in [-0.2, -0.15) is 4.98 Å². The highest BCUT2D eigenvalue weighted by Gasteiger charge is 2.17. The zero-order valence-corrected chi connectivity index (χ0v) is 17.0. The van der Waals surface area contributed by atoms with Gasteiger partial charge in [0.15, 0.2) is 6.10 Å². The summed E-state index contributed by atoms with van der Waals surface area (Å²) in [6, 6.07) is 11.4. The number of amides is 1. The molecule has 6 nitrogen and oxygen atoms in total. The van der Waals surface area contributed by atoms with Crippen molar-refractivity contribution in [3.8, 4) is 17.1 Å². The number of halogens is 1. The average Bonchev–Trinajstić information content (AvgIpc) is 3.13. The third-order valence-electron chi connectivity index (χ3n) is 4.25. The van der Waals surface area contributed by atoms with E-state index in [-0.39, 0.29) is 12.5 Å². The van der Waals surface area contributed by atoms with Crippen LogP contribution in [-0.2, 0) is 11.3 Å². The van der Waals surface area contributed by atoms with Crippen molar-refractivity contribution in [1.29, 1.82) is 0 Å². The molecule has 1 amide bonds. The number of nitrogens with one attached hydrogen (secondary N) is 1. The number of ether oxygens (including phenoxy) is 1. The highest BCUT2D eigenvalue weighted by molar-refractivity contribution is 6.32. The summed E-state index contributed by atoms with van der Waals surface area (Å²) < 4.78 is 11.0. The van der Waals surface area contributed by atoms with E-state index in [1.165, 1.54) is 0 Å². The van der Waals surface area contributed by atoms with E-state index in [4.69, 9.17) is 20.9 Å². The number of carbonyl (C=O) groups excluding carboxylic acids is 1. The molecule has 1 N–H and O–H groups in total. The van der Waals surface area contributed by atoms with Crippen LogP contribution in [0.4, 0.5) is 0 Å². The first-order valence-corrected chi connectivity index (χ1v) is 9.32. The largest absolute Gasteiger partial charge is 0.481 e. The van der Waals surface area contributed by atoms with Gasteiger partial charge in [0.1, 0.15) is 5.75 Å². The van der Waals surface area contributed by atoms with Crippen molar-refractivity contribution in [2.24, 2.45) is 0 Å². The van der Waals surface area contributed by atoms with Crippen molar-refractivity contribution in [2.45, 2.75) is 40.3 Å². The molecule has 1 atom stereocenters. The highest BCUT2D eigenvalue weighted by Crippen LogP contribution is 2.26. The highest BCUT2D eigenvalue weighted by atomic mass is 35.5. The molecule has 7 heteroatoms. The predicted octanol–water partition coefficient (Wildman–Crippen LogP) is 4.40. The van der Waals surface area contributed by atoms with E-state index < -0.39 is 6.10 Å². The minimum atomic E-state index is -0.681. The Morgan fingerprint density at radius 1 is 1.21 bits per heavy atom. The van der Waals surface area contributed by atoms with Crippen molar-refractivity contribution in [3.63, 3.8) is 0 Å². The molecule has 28 heavy (non-hydrogen) atoms. The average molecular weight is 400 g/mol. The second-order valence-corrected chi connectivity index (χ2v) is 7.11. The maximum absolute atomic E-state index is 12.3. The second kappa shape index (κ2) is 8.44. The van der Waals surface area contributed by atoms with E-state index in [0.29, 0.717) is 22.5 Å². The van der Waals surface area contributed by atoms with E-state index in [9.17, 15) is 4.79 Å². The van der Waals surface area contributed by atoms with Gasteiger partial charge in [-0.1, -0.05) is 40.5 Å². The maximum atomic E-state index is 12.3. The van der Waals surface area contributed by atoms with E-state index in [0.717, 1.165) is 22.3 Å². The van der Waals surface area contributed by atoms with E-state index >= 15 is 0 Å². The smallest absolute Gasteiger partial charge is 0.261 e. The molecule has 146 valence electrons. The summed E-state index contributed by atoms with van der Waals surface area (Å²) in [5, 5.41) is 7.41. The molecule has 0 unspecified atom stereocenters. The van der Waals surface area contributed by atoms with Crippen LogP contribution in [0.1, 0.15) is 29.5 Å². The molecule has 0 radical (unpaired) electrons. The number of carbonyl (C=O) groups is 1. The van der Waals surface area contributed by atoms with Crippen molar-refractivity contribution >= 4 is 17.5 Å². The molecule has 3 aromatic rings. The molecule has 1 heterocycles. The molecule has 0 spiro atoms. The minimum absolute atomic E-state index is 0.129. The van der Waals surface area contributed by atoms with Gasteiger partial charge in [-0.05, 0) is 57.0 Å². The lowest BCUT2D eigenvalue weighted by Crippen LogP contribution is -2.36. The van der Waals surface area contributed by atoms with Crippen molar-refractivity contribution in [3.05, 3.63) is 64.0 Å². The number of benzene rings is 2. The molecular weight excluding hydrogens is 378 g/mol. The summed E-state index contributed by atoms with van der Waals surface area (Å²) in [4.78, 5) is 16.6. The lowest BCUT2D eigenvalue weighted by molar-refractivity contribution is -0.127. The van der Waals surface area contributed by atoms with Gasteiger partial charge in [-0.15, -0.1) is 0 Å². The number of hydrogen-bond donors (Lipinski definition) is 1. The summed E-state index contributed by atoms with van der Waals surface area (Å²) in [5.74, 6) is 1.14. The summed E-state index contributed by atoms with van der Waals surface area (Å²) >= 11 is 6.16. The Bertz CT molecular complexity index is 977. The van der Waals surface area contributed by atoms with Crippen LogP contribution in [0, 0.1) is 20.8 Å². The first-order chi connectivity index (χ1) is 13.3. The lowest BCUT2D eigenvalue weighted by atomic mass is 10.1. The molecule has 1 aromatic heterocycles. The number of aromatic nitrogens is 2. The van der Waals surface area contributed by atoms with E-state index in [1.54, 1.807) is 6.92 Å². The van der Waals surface area contributed by atoms with Crippen LogP contribution in [0.15, 0.2) is 40.9 Å². The Labute approximate surface area is 168 Å². The fourth-order valence-corrected chi connectivity index (χ4v) is 2.88. The van der Waals surface area contributed by atoms with Crippen molar-refractivity contribution in [1.82, 2.24) is 15.5 Å². The molecule has 0 fully saturated rings. The number of hydrogen-bond acceptors (Lipinski definition) is 5. The molecule has 0 saturated carbocycles. The van der Waals surface area contributed by atoms with Crippen LogP contribution in [-0.4, -0.2) is 22.2 Å². The van der Waals surface area contributed by atoms with Gasteiger partial charge in [0.25, 0.3) is 5.91 Å². The Hall–Kier alpha value is -2.86. The minimum Gasteiger partial charge on any atom is -0.481 e. The van der Waals surface area contributed by atoms with Gasteiger partial charge >= 0.3 is 0 Å². The normalized spacial score (nSPS) is 11.9. The SMILES string of the molecule is Cc1cccc(-c2noc(CNC(=O)[C@@H](C)Oc3cc(C)c(Cl)c(C)c3)n2)c1. The summed E-state index contributed by atoms with van der Waals surface area (Å²) in [6.07, 6.45) is -0.681. The number of rotatable bonds is 6. The van der Waals surface area contributed by atoms with Crippen LogP contribution < -0.4 is 10.1 Å². The van der Waals surface area contributed by atoms with Gasteiger partial charge < -0.3 is 14.6 Å². The van der Waals surface area contributed by atoms with Crippen LogP contribution in [0.25, 0.3) is 11.4 Å². The Morgan fingerprint density at radius 3 is 2.61 bits per heavy atom. The first-order valence-electron chi connectivity index (χ1n) is 8.94. The predicted molar refractivity (Wildman–Crippen MR) is 107 cm³/mol. The van der Waals surface area contributed by atoms with Gasteiger partial charge in [-0.3, -0.25) is 4.79 Å². The lowest BCUT2D eigenvalue weighted by Gasteiger charge is -2.15. The molecule has 0 aliphatic heterocycles. The topological polar surface area (TPSA) is 77.2 Å². The Kier molecular flexibility index (Phi) is 5.99. The standard InChI is InChI=1S/C21H22ClN3O3/c1-12-6-5-7-16(8-12)20-24-18(28-25-20)11-23-21(26)15(4)27-17-9-13(2)19(22)14(3)10-17/h5-10,15H,11H2,1-4H3,(H,23,26)/t15-/m1/s1. The monoisotopic (exact) mass is 399 g/mol. The van der Waals surface area contributed by atoms with Gasteiger partial charge in [-0.25, -0.2) is 0 Å². The third-order valence-corrected chi connectivity index (χ3v) is 4.85. The van der Waals surface area contributed by atoms with Crippen molar-refractivity contribution < 1.29 is 14.1 Å². The second-order valence-electron chi connectivity index (χ2n) is 6.73. The van der Waals surface area contributed by atoms with Crippen LogP contribution in [0.2, 0.25) is 5.02 Å². The Balaban J connectivity index is 1.58. The molecule has 0 aliphatic carbocycles. The van der Waals surface area contributed by atoms with Crippen LogP contribution >= 0.6 is 11.6 Å². The summed E-state index contributed by atoms with van der Waals surface area (Å²) in [6.45, 7) is 7.60. The summed E-state index contributed by atoms with van der Waals surface area (Å²) in [5.41, 5.74) is 3.78.